The molecule has 0 atom stereocenters. The molecule has 0 bridgehead atoms. The molecule has 2 heterocycles. The summed E-state index contributed by atoms with van der Waals surface area (Å²) in [6, 6.07) is 1.71. The number of carboxylic acids is 1. The molecule has 2 N–H and O–H groups in total. The van der Waals surface area contributed by atoms with Crippen LogP contribution in [0.4, 0.5) is 0 Å². The molecule has 6 nitrogen and oxygen atoms in total. The molecular formula is C9H9N3O3. The van der Waals surface area contributed by atoms with E-state index in [1.165, 1.54) is 10.7 Å². The maximum atomic E-state index is 11.4. The van der Waals surface area contributed by atoms with Crippen LogP contribution < -0.4 is 5.56 Å². The first kappa shape index (κ1) is 9.45. The summed E-state index contributed by atoms with van der Waals surface area (Å²) in [7, 11) is 0. The number of carboxylic acid groups (broad SMARTS) is 1. The van der Waals surface area contributed by atoms with Crippen molar-refractivity contribution in [1.82, 2.24) is 14.6 Å². The van der Waals surface area contributed by atoms with E-state index in [0.717, 1.165) is 5.69 Å². The molecule has 0 saturated heterocycles. The summed E-state index contributed by atoms with van der Waals surface area (Å²) >= 11 is 0. The van der Waals surface area contributed by atoms with Gasteiger partial charge in [0.15, 0.2) is 0 Å². The van der Waals surface area contributed by atoms with Gasteiger partial charge in [0, 0.05) is 17.8 Å². The normalized spacial score (nSPS) is 10.7. The molecule has 78 valence electrons. The molecule has 0 aliphatic carbocycles. The average molecular weight is 207 g/mol. The first-order chi connectivity index (χ1) is 7.06. The summed E-state index contributed by atoms with van der Waals surface area (Å²) < 4.78 is 1.47. The van der Waals surface area contributed by atoms with Crippen molar-refractivity contribution in [3.8, 4) is 0 Å². The van der Waals surface area contributed by atoms with E-state index in [0.29, 0.717) is 5.65 Å². The Kier molecular flexibility index (Phi) is 2.03. The Hall–Kier alpha value is -2.11. The minimum Gasteiger partial charge on any atom is -0.481 e. The smallest absolute Gasteiger partial charge is 0.308 e. The second kappa shape index (κ2) is 3.23. The molecular weight excluding hydrogens is 198 g/mol. The van der Waals surface area contributed by atoms with Gasteiger partial charge in [0.05, 0.1) is 12.1 Å². The number of H-pyrrole nitrogens is 1. The van der Waals surface area contributed by atoms with Crippen molar-refractivity contribution in [2.24, 2.45) is 0 Å². The molecule has 0 aromatic carbocycles. The van der Waals surface area contributed by atoms with Crippen molar-refractivity contribution < 1.29 is 9.90 Å². The maximum absolute atomic E-state index is 11.4. The summed E-state index contributed by atoms with van der Waals surface area (Å²) in [4.78, 5) is 24.5. The van der Waals surface area contributed by atoms with Gasteiger partial charge in [-0.2, -0.15) is 5.10 Å². The number of aromatic nitrogens is 3. The zero-order chi connectivity index (χ0) is 11.0. The highest BCUT2D eigenvalue weighted by atomic mass is 16.4. The molecule has 0 saturated carbocycles. The van der Waals surface area contributed by atoms with Gasteiger partial charge in [0.1, 0.15) is 5.65 Å². The monoisotopic (exact) mass is 207 g/mol. The van der Waals surface area contributed by atoms with Crippen LogP contribution in [0.15, 0.2) is 17.1 Å². The summed E-state index contributed by atoms with van der Waals surface area (Å²) in [6.07, 6.45) is 1.14. The predicted octanol–water partition coefficient (Wildman–Crippen LogP) is -0.0419. The predicted molar refractivity (Wildman–Crippen MR) is 51.9 cm³/mol. The topological polar surface area (TPSA) is 87.5 Å². The molecule has 0 spiro atoms. The fourth-order valence-corrected chi connectivity index (χ4v) is 1.40. The Balaban J connectivity index is 2.61. The van der Waals surface area contributed by atoms with E-state index in [9.17, 15) is 9.59 Å². The number of rotatable bonds is 2. The summed E-state index contributed by atoms with van der Waals surface area (Å²) in [6.45, 7) is 1.79. The molecule has 6 heteroatoms. The second-order valence-corrected chi connectivity index (χ2v) is 3.29. The molecule has 0 radical (unpaired) electrons. The summed E-state index contributed by atoms with van der Waals surface area (Å²) in [5.41, 5.74) is 1.13. The molecule has 0 amide bonds. The van der Waals surface area contributed by atoms with E-state index in [1.807, 2.05) is 0 Å². The number of nitrogens with zero attached hydrogens (tertiary/aromatic N) is 2. The minimum absolute atomic E-state index is 0.193. The van der Waals surface area contributed by atoms with Gasteiger partial charge in [-0.3, -0.25) is 9.59 Å². The number of fused-ring (bicyclic) bond motifs is 1. The van der Waals surface area contributed by atoms with Crippen LogP contribution in [0.5, 0.6) is 0 Å². The van der Waals surface area contributed by atoms with E-state index in [1.54, 1.807) is 13.0 Å². The van der Waals surface area contributed by atoms with Gasteiger partial charge >= 0.3 is 5.97 Å². The Morgan fingerprint density at radius 3 is 3.07 bits per heavy atom. The van der Waals surface area contributed by atoms with Crippen LogP contribution in [-0.2, 0) is 11.2 Å². The number of aryl methyl sites for hydroxylation is 1. The highest BCUT2D eigenvalue weighted by molar-refractivity contribution is 5.69. The molecule has 2 aromatic heterocycles. The van der Waals surface area contributed by atoms with Crippen molar-refractivity contribution in [2.45, 2.75) is 13.3 Å². The summed E-state index contributed by atoms with van der Waals surface area (Å²) in [5.74, 6) is -1.04. The lowest BCUT2D eigenvalue weighted by atomic mass is 10.2. The van der Waals surface area contributed by atoms with Gasteiger partial charge in [0.2, 0.25) is 0 Å². The number of nitrogens with one attached hydrogen (secondary N) is 1. The van der Waals surface area contributed by atoms with Crippen molar-refractivity contribution in [1.29, 1.82) is 0 Å². The highest BCUT2D eigenvalue weighted by Crippen LogP contribution is 2.01. The lowest BCUT2D eigenvalue weighted by Gasteiger charge is -1.97. The molecule has 0 fully saturated rings. The Morgan fingerprint density at radius 2 is 2.40 bits per heavy atom. The van der Waals surface area contributed by atoms with Gasteiger partial charge in [-0.25, -0.2) is 4.52 Å². The first-order valence-corrected chi connectivity index (χ1v) is 4.36. The van der Waals surface area contributed by atoms with E-state index in [2.05, 4.69) is 10.1 Å². The van der Waals surface area contributed by atoms with Gasteiger partial charge in [0.25, 0.3) is 5.56 Å². The van der Waals surface area contributed by atoms with Gasteiger partial charge in [-0.05, 0) is 6.92 Å². The van der Waals surface area contributed by atoms with Crippen LogP contribution in [0.3, 0.4) is 0 Å². The SMILES string of the molecule is Cc1cc2[nH]c(=O)c(CC(=O)O)cn2n1. The Labute approximate surface area is 84.2 Å². The molecule has 0 unspecified atom stereocenters. The third-order valence-corrected chi connectivity index (χ3v) is 2.01. The van der Waals surface area contributed by atoms with Crippen molar-refractivity contribution >= 4 is 11.6 Å². The molecule has 0 aliphatic rings. The Morgan fingerprint density at radius 1 is 1.67 bits per heavy atom. The van der Waals surface area contributed by atoms with Gasteiger partial charge in [-0.15, -0.1) is 0 Å². The zero-order valence-corrected chi connectivity index (χ0v) is 8.02. The third kappa shape index (κ3) is 1.74. The number of hydrogen-bond donors (Lipinski definition) is 2. The van der Waals surface area contributed by atoms with E-state index < -0.39 is 5.97 Å². The van der Waals surface area contributed by atoms with Gasteiger partial charge in [-0.1, -0.05) is 0 Å². The van der Waals surface area contributed by atoms with Crippen LogP contribution in [0.25, 0.3) is 5.65 Å². The van der Waals surface area contributed by atoms with Crippen molar-refractivity contribution in [2.75, 3.05) is 0 Å². The molecule has 0 aliphatic heterocycles. The average Bonchev–Trinajstić information content (AvgIpc) is 2.44. The van der Waals surface area contributed by atoms with Crippen molar-refractivity contribution in [3.63, 3.8) is 0 Å². The van der Waals surface area contributed by atoms with Crippen LogP contribution in [-0.4, -0.2) is 25.7 Å². The largest absolute Gasteiger partial charge is 0.481 e. The summed E-state index contributed by atoms with van der Waals surface area (Å²) in [5, 5.41) is 12.7. The standard InChI is InChI=1S/C9H9N3O3/c1-5-2-7-10-9(15)6(3-8(13)14)4-12(7)11-5/h2,4H,3H2,1H3,(H,10,15)(H,13,14). The minimum atomic E-state index is -1.04. The fraction of sp³-hybridized carbons (Fsp3) is 0.222. The number of hydrogen-bond acceptors (Lipinski definition) is 3. The van der Waals surface area contributed by atoms with Crippen LogP contribution in [0, 0.1) is 6.92 Å². The van der Waals surface area contributed by atoms with E-state index >= 15 is 0 Å². The van der Waals surface area contributed by atoms with Crippen LogP contribution >= 0.6 is 0 Å². The highest BCUT2D eigenvalue weighted by Gasteiger charge is 2.08. The number of aromatic amines is 1. The number of aliphatic carboxylic acids is 1. The first-order valence-electron chi connectivity index (χ1n) is 4.36. The molecule has 2 aromatic rings. The lowest BCUT2D eigenvalue weighted by molar-refractivity contribution is -0.136. The van der Waals surface area contributed by atoms with Crippen molar-refractivity contribution in [3.05, 3.63) is 33.9 Å². The van der Waals surface area contributed by atoms with E-state index in [-0.39, 0.29) is 17.5 Å². The van der Waals surface area contributed by atoms with Crippen LogP contribution in [0.2, 0.25) is 0 Å². The second-order valence-electron chi connectivity index (χ2n) is 3.29. The third-order valence-electron chi connectivity index (χ3n) is 2.01. The zero-order valence-electron chi connectivity index (χ0n) is 8.02. The molecule has 2 rings (SSSR count). The molecule has 15 heavy (non-hydrogen) atoms. The fourth-order valence-electron chi connectivity index (χ4n) is 1.40. The lowest BCUT2D eigenvalue weighted by Crippen LogP contribution is -2.17. The quantitative estimate of drug-likeness (QED) is 0.723. The number of carbonyl (C=O) groups is 1. The van der Waals surface area contributed by atoms with Gasteiger partial charge < -0.3 is 10.1 Å². The van der Waals surface area contributed by atoms with Crippen LogP contribution in [0.1, 0.15) is 11.3 Å². The Bertz CT molecular complexity index is 582. The van der Waals surface area contributed by atoms with E-state index in [4.69, 9.17) is 5.11 Å². The maximum Gasteiger partial charge on any atom is 0.308 e.